The van der Waals surface area contributed by atoms with Gasteiger partial charge in [-0.2, -0.15) is 0 Å². The highest BCUT2D eigenvalue weighted by atomic mass is 32.1. The lowest BCUT2D eigenvalue weighted by molar-refractivity contribution is 0.300. The zero-order valence-electron chi connectivity index (χ0n) is 9.01. The number of benzene rings is 1. The first-order valence-corrected chi connectivity index (χ1v) is 6.01. The van der Waals surface area contributed by atoms with Crippen molar-refractivity contribution in [1.82, 2.24) is 4.98 Å². The van der Waals surface area contributed by atoms with Crippen molar-refractivity contribution in [1.29, 1.82) is 0 Å². The molecule has 4 heteroatoms. The average Bonchev–Trinajstić information content (AvgIpc) is 2.74. The largest absolute Gasteiger partial charge is 0.508 e. The molecule has 16 heavy (non-hydrogen) atoms. The minimum atomic E-state index is 0.213. The fourth-order valence-electron chi connectivity index (χ4n) is 1.31. The molecule has 0 radical (unpaired) electrons. The van der Waals surface area contributed by atoms with Gasteiger partial charge < -0.3 is 9.84 Å². The lowest BCUT2D eigenvalue weighted by Crippen LogP contribution is -1.95. The maximum Gasteiger partial charge on any atom is 0.131 e. The normalized spacial score (nSPS) is 10.3. The van der Waals surface area contributed by atoms with Crippen molar-refractivity contribution in [2.75, 3.05) is 0 Å². The molecule has 0 aliphatic carbocycles. The number of aromatic nitrogens is 1. The number of hydrogen-bond donors (Lipinski definition) is 1. The summed E-state index contributed by atoms with van der Waals surface area (Å²) >= 11 is 1.65. The molecule has 0 bridgehead atoms. The SMILES string of the molecule is CCc1nc(COc2cccc(O)c2)cs1. The predicted molar refractivity (Wildman–Crippen MR) is 63.9 cm³/mol. The van der Waals surface area contributed by atoms with E-state index in [4.69, 9.17) is 4.74 Å². The van der Waals surface area contributed by atoms with E-state index >= 15 is 0 Å². The van der Waals surface area contributed by atoms with Crippen molar-refractivity contribution in [3.8, 4) is 11.5 Å². The number of aryl methyl sites for hydroxylation is 1. The molecule has 1 heterocycles. The van der Waals surface area contributed by atoms with Gasteiger partial charge in [0.05, 0.1) is 10.7 Å². The monoisotopic (exact) mass is 235 g/mol. The summed E-state index contributed by atoms with van der Waals surface area (Å²) < 4.78 is 5.51. The van der Waals surface area contributed by atoms with Gasteiger partial charge in [0.15, 0.2) is 0 Å². The summed E-state index contributed by atoms with van der Waals surface area (Å²) in [6.07, 6.45) is 0.955. The van der Waals surface area contributed by atoms with Gasteiger partial charge in [-0.25, -0.2) is 4.98 Å². The maximum absolute atomic E-state index is 9.26. The zero-order valence-corrected chi connectivity index (χ0v) is 9.83. The van der Waals surface area contributed by atoms with Gasteiger partial charge in [-0.3, -0.25) is 0 Å². The van der Waals surface area contributed by atoms with Crippen LogP contribution in [0.2, 0.25) is 0 Å². The Hall–Kier alpha value is -1.55. The molecular formula is C12H13NO2S. The number of hydrogen-bond acceptors (Lipinski definition) is 4. The van der Waals surface area contributed by atoms with Crippen LogP contribution in [-0.2, 0) is 13.0 Å². The van der Waals surface area contributed by atoms with Crippen LogP contribution in [0.15, 0.2) is 29.6 Å². The number of phenolic OH excluding ortho intramolecular Hbond substituents is 1. The fourth-order valence-corrected chi connectivity index (χ4v) is 2.04. The lowest BCUT2D eigenvalue weighted by Gasteiger charge is -2.03. The molecule has 84 valence electrons. The summed E-state index contributed by atoms with van der Waals surface area (Å²) in [6, 6.07) is 6.77. The van der Waals surface area contributed by atoms with Crippen molar-refractivity contribution in [2.45, 2.75) is 20.0 Å². The Bertz CT molecular complexity index is 468. The number of rotatable bonds is 4. The van der Waals surface area contributed by atoms with Crippen LogP contribution in [0.1, 0.15) is 17.6 Å². The predicted octanol–water partition coefficient (Wildman–Crippen LogP) is 2.99. The average molecular weight is 235 g/mol. The molecule has 0 atom stereocenters. The van der Waals surface area contributed by atoms with Crippen LogP contribution >= 0.6 is 11.3 Å². The van der Waals surface area contributed by atoms with E-state index in [-0.39, 0.29) is 5.75 Å². The van der Waals surface area contributed by atoms with E-state index in [1.807, 2.05) is 11.4 Å². The van der Waals surface area contributed by atoms with Crippen molar-refractivity contribution < 1.29 is 9.84 Å². The summed E-state index contributed by atoms with van der Waals surface area (Å²) in [5, 5.41) is 12.4. The van der Waals surface area contributed by atoms with Crippen LogP contribution in [0, 0.1) is 0 Å². The summed E-state index contributed by atoms with van der Waals surface area (Å²) in [5.41, 5.74) is 0.935. The third-order valence-corrected chi connectivity index (χ3v) is 3.15. The summed E-state index contributed by atoms with van der Waals surface area (Å²) in [4.78, 5) is 4.40. The second kappa shape index (κ2) is 4.99. The topological polar surface area (TPSA) is 42.4 Å². The quantitative estimate of drug-likeness (QED) is 0.885. The Kier molecular flexibility index (Phi) is 3.41. The third kappa shape index (κ3) is 2.73. The molecule has 0 amide bonds. The Morgan fingerprint density at radius 2 is 2.31 bits per heavy atom. The van der Waals surface area contributed by atoms with E-state index in [0.29, 0.717) is 12.4 Å². The summed E-state index contributed by atoms with van der Waals surface area (Å²) in [7, 11) is 0. The van der Waals surface area contributed by atoms with Crippen molar-refractivity contribution in [3.63, 3.8) is 0 Å². The van der Waals surface area contributed by atoms with Gasteiger partial charge in [0, 0.05) is 11.4 Å². The number of ether oxygens (including phenoxy) is 1. The number of phenols is 1. The van der Waals surface area contributed by atoms with Crippen LogP contribution in [0.4, 0.5) is 0 Å². The van der Waals surface area contributed by atoms with E-state index < -0.39 is 0 Å². The van der Waals surface area contributed by atoms with Crippen molar-refractivity contribution in [2.24, 2.45) is 0 Å². The lowest BCUT2D eigenvalue weighted by atomic mass is 10.3. The van der Waals surface area contributed by atoms with Crippen LogP contribution in [0.5, 0.6) is 11.5 Å². The molecule has 0 saturated heterocycles. The molecule has 0 aliphatic rings. The van der Waals surface area contributed by atoms with Crippen molar-refractivity contribution in [3.05, 3.63) is 40.3 Å². The second-order valence-corrected chi connectivity index (χ2v) is 4.31. The molecule has 0 aliphatic heterocycles. The first-order chi connectivity index (χ1) is 7.78. The molecule has 3 nitrogen and oxygen atoms in total. The van der Waals surface area contributed by atoms with Crippen LogP contribution in [-0.4, -0.2) is 10.1 Å². The van der Waals surface area contributed by atoms with Gasteiger partial charge in [0.25, 0.3) is 0 Å². The minimum Gasteiger partial charge on any atom is -0.508 e. The van der Waals surface area contributed by atoms with Crippen LogP contribution < -0.4 is 4.74 Å². The molecule has 1 N–H and O–H groups in total. The first kappa shape index (κ1) is 11.0. The second-order valence-electron chi connectivity index (χ2n) is 3.37. The maximum atomic E-state index is 9.26. The van der Waals surface area contributed by atoms with Gasteiger partial charge in [-0.1, -0.05) is 13.0 Å². The molecule has 0 unspecified atom stereocenters. The fraction of sp³-hybridized carbons (Fsp3) is 0.250. The van der Waals surface area contributed by atoms with Gasteiger partial charge >= 0.3 is 0 Å². The number of aromatic hydroxyl groups is 1. The van der Waals surface area contributed by atoms with Gasteiger partial charge in [0.1, 0.15) is 18.1 Å². The highest BCUT2D eigenvalue weighted by molar-refractivity contribution is 7.09. The third-order valence-electron chi connectivity index (χ3n) is 2.11. The van der Waals surface area contributed by atoms with Gasteiger partial charge in [0.2, 0.25) is 0 Å². The molecule has 2 aromatic rings. The molecule has 1 aromatic heterocycles. The van der Waals surface area contributed by atoms with Gasteiger partial charge in [-0.05, 0) is 18.6 Å². The van der Waals surface area contributed by atoms with E-state index in [0.717, 1.165) is 17.1 Å². The molecular weight excluding hydrogens is 222 g/mol. The van der Waals surface area contributed by atoms with Gasteiger partial charge in [-0.15, -0.1) is 11.3 Å². The zero-order chi connectivity index (χ0) is 11.4. The Morgan fingerprint density at radius 3 is 3.00 bits per heavy atom. The molecule has 0 spiro atoms. The first-order valence-electron chi connectivity index (χ1n) is 5.13. The highest BCUT2D eigenvalue weighted by Gasteiger charge is 2.01. The van der Waals surface area contributed by atoms with Crippen LogP contribution in [0.3, 0.4) is 0 Å². The summed E-state index contributed by atoms with van der Waals surface area (Å²) in [6.45, 7) is 2.53. The Balaban J connectivity index is 1.96. The minimum absolute atomic E-state index is 0.213. The van der Waals surface area contributed by atoms with E-state index in [1.165, 1.54) is 0 Å². The Labute approximate surface area is 98.4 Å². The molecule has 1 aromatic carbocycles. The Morgan fingerprint density at radius 1 is 1.44 bits per heavy atom. The molecule has 0 fully saturated rings. The standard InChI is InChI=1S/C12H13NO2S/c1-2-12-13-9(8-16-12)7-15-11-5-3-4-10(14)6-11/h3-6,8,14H,2,7H2,1H3. The highest BCUT2D eigenvalue weighted by Crippen LogP contribution is 2.19. The van der Waals surface area contributed by atoms with E-state index in [2.05, 4.69) is 11.9 Å². The van der Waals surface area contributed by atoms with E-state index in [1.54, 1.807) is 29.5 Å². The summed E-state index contributed by atoms with van der Waals surface area (Å²) in [5.74, 6) is 0.871. The number of nitrogens with zero attached hydrogens (tertiary/aromatic N) is 1. The smallest absolute Gasteiger partial charge is 0.131 e. The molecule has 0 saturated carbocycles. The molecule has 2 rings (SSSR count). The number of thiazole rings is 1. The van der Waals surface area contributed by atoms with Crippen molar-refractivity contribution >= 4 is 11.3 Å². The van der Waals surface area contributed by atoms with Crippen LogP contribution in [0.25, 0.3) is 0 Å². The van der Waals surface area contributed by atoms with E-state index in [9.17, 15) is 5.11 Å².